The van der Waals surface area contributed by atoms with Crippen molar-refractivity contribution in [2.24, 2.45) is 11.8 Å². The van der Waals surface area contributed by atoms with E-state index in [0.29, 0.717) is 22.3 Å². The van der Waals surface area contributed by atoms with E-state index < -0.39 is 5.76 Å². The Kier molecular flexibility index (Phi) is 5.97. The molecule has 0 aromatic carbocycles. The number of aryl methyl sites for hydroxylation is 1. The lowest BCUT2D eigenvalue weighted by Gasteiger charge is -2.28. The summed E-state index contributed by atoms with van der Waals surface area (Å²) in [6, 6.07) is 1.84. The lowest BCUT2D eigenvalue weighted by atomic mass is 9.80. The SMILES string of the molecule is CCCC1CCC(Cn2cnc3nc(-c4noc(=O)[nH]4)nc(-c4cc(Cl)cnc4C)c32)CC1. The van der Waals surface area contributed by atoms with E-state index in [9.17, 15) is 4.79 Å². The molecular weight excluding hydrogens is 442 g/mol. The van der Waals surface area contributed by atoms with Crippen molar-refractivity contribution in [3.63, 3.8) is 0 Å². The van der Waals surface area contributed by atoms with Gasteiger partial charge in [-0.2, -0.15) is 0 Å². The van der Waals surface area contributed by atoms with Crippen molar-refractivity contribution < 1.29 is 4.52 Å². The summed E-state index contributed by atoms with van der Waals surface area (Å²) in [5.74, 6) is 1.17. The zero-order chi connectivity index (χ0) is 22.9. The third-order valence-electron chi connectivity index (χ3n) is 6.55. The van der Waals surface area contributed by atoms with Crippen LogP contribution in [0.4, 0.5) is 0 Å². The molecule has 1 N–H and O–H groups in total. The quantitative estimate of drug-likeness (QED) is 0.433. The van der Waals surface area contributed by atoms with Gasteiger partial charge in [-0.1, -0.05) is 49.4 Å². The molecule has 172 valence electrons. The van der Waals surface area contributed by atoms with Gasteiger partial charge in [-0.05, 0) is 37.7 Å². The van der Waals surface area contributed by atoms with Crippen molar-refractivity contribution in [2.45, 2.75) is 58.9 Å². The van der Waals surface area contributed by atoms with E-state index in [1.54, 1.807) is 6.20 Å². The van der Waals surface area contributed by atoms with Gasteiger partial charge in [0.1, 0.15) is 11.2 Å². The molecule has 0 spiro atoms. The summed E-state index contributed by atoms with van der Waals surface area (Å²) in [5.41, 5.74) is 3.58. The highest BCUT2D eigenvalue weighted by atomic mass is 35.5. The van der Waals surface area contributed by atoms with Crippen LogP contribution in [-0.2, 0) is 6.54 Å². The summed E-state index contributed by atoms with van der Waals surface area (Å²) >= 11 is 6.28. The van der Waals surface area contributed by atoms with Crippen molar-refractivity contribution in [2.75, 3.05) is 0 Å². The van der Waals surface area contributed by atoms with Crippen molar-refractivity contribution in [1.82, 2.24) is 34.6 Å². The zero-order valence-electron chi connectivity index (χ0n) is 18.7. The monoisotopic (exact) mass is 467 g/mol. The first kappa shape index (κ1) is 21.8. The van der Waals surface area contributed by atoms with Crippen LogP contribution >= 0.6 is 11.6 Å². The summed E-state index contributed by atoms with van der Waals surface area (Å²) in [5, 5.41) is 4.26. The van der Waals surface area contributed by atoms with Gasteiger partial charge in [0.25, 0.3) is 0 Å². The van der Waals surface area contributed by atoms with Crippen LogP contribution in [0, 0.1) is 18.8 Å². The first-order chi connectivity index (χ1) is 16.0. The van der Waals surface area contributed by atoms with E-state index in [4.69, 9.17) is 16.6 Å². The van der Waals surface area contributed by atoms with Crippen LogP contribution < -0.4 is 5.76 Å². The van der Waals surface area contributed by atoms with Crippen LogP contribution in [0.2, 0.25) is 5.02 Å². The Balaban J connectivity index is 1.58. The van der Waals surface area contributed by atoms with Crippen molar-refractivity contribution in [1.29, 1.82) is 0 Å². The molecule has 0 atom stereocenters. The predicted octanol–water partition coefficient (Wildman–Crippen LogP) is 4.80. The molecular formula is C23H26ClN7O2. The second kappa shape index (κ2) is 9.05. The first-order valence-electron chi connectivity index (χ1n) is 11.4. The highest BCUT2D eigenvalue weighted by Crippen LogP contribution is 2.35. The zero-order valence-corrected chi connectivity index (χ0v) is 19.5. The summed E-state index contributed by atoms with van der Waals surface area (Å²) in [6.45, 7) is 5.03. The number of aromatic nitrogens is 7. The van der Waals surface area contributed by atoms with Gasteiger partial charge in [0, 0.05) is 24.0 Å². The van der Waals surface area contributed by atoms with E-state index >= 15 is 0 Å². The fraction of sp³-hybridized carbons (Fsp3) is 0.478. The number of fused-ring (bicyclic) bond motifs is 1. The standard InChI is InChI=1S/C23H26ClN7O2/c1-3-4-14-5-7-15(8-6-14)11-31-12-26-20-19(31)18(17-9-16(24)10-25-13(17)2)27-21(28-20)22-29-23(32)33-30-22/h9-10,12,14-15H,3-8,11H2,1-2H3,(H,29,30,32). The molecule has 10 heteroatoms. The molecule has 1 saturated carbocycles. The maximum absolute atomic E-state index is 11.5. The van der Waals surface area contributed by atoms with Crippen LogP contribution in [0.25, 0.3) is 34.1 Å². The van der Waals surface area contributed by atoms with Crippen LogP contribution in [0.1, 0.15) is 51.1 Å². The van der Waals surface area contributed by atoms with Crippen LogP contribution in [0.15, 0.2) is 27.9 Å². The molecule has 1 fully saturated rings. The number of H-pyrrole nitrogens is 1. The number of nitrogens with zero attached hydrogens (tertiary/aromatic N) is 6. The van der Waals surface area contributed by atoms with Crippen molar-refractivity contribution in [3.05, 3.63) is 39.9 Å². The fourth-order valence-corrected chi connectivity index (χ4v) is 5.03. The van der Waals surface area contributed by atoms with Gasteiger partial charge in [0.2, 0.25) is 11.6 Å². The number of hydrogen-bond acceptors (Lipinski definition) is 7. The van der Waals surface area contributed by atoms with E-state index in [1.165, 1.54) is 38.5 Å². The number of rotatable bonds is 6. The lowest BCUT2D eigenvalue weighted by molar-refractivity contribution is 0.243. The molecule has 4 aromatic rings. The van der Waals surface area contributed by atoms with Gasteiger partial charge < -0.3 is 4.57 Å². The van der Waals surface area contributed by atoms with Crippen molar-refractivity contribution >= 4 is 22.8 Å². The second-order valence-corrected chi connectivity index (χ2v) is 9.31. The number of hydrogen-bond donors (Lipinski definition) is 1. The Morgan fingerprint density at radius 3 is 2.70 bits per heavy atom. The highest BCUT2D eigenvalue weighted by molar-refractivity contribution is 6.30. The molecule has 0 radical (unpaired) electrons. The number of halogens is 1. The largest absolute Gasteiger partial charge is 0.439 e. The normalized spacial score (nSPS) is 18.8. The lowest BCUT2D eigenvalue weighted by Crippen LogP contribution is -2.19. The molecule has 0 unspecified atom stereocenters. The molecule has 0 amide bonds. The number of pyridine rings is 1. The molecule has 9 nitrogen and oxygen atoms in total. The molecule has 0 aliphatic heterocycles. The van der Waals surface area contributed by atoms with Gasteiger partial charge in [-0.25, -0.2) is 19.7 Å². The smallest absolute Gasteiger partial charge is 0.327 e. The van der Waals surface area contributed by atoms with Crippen molar-refractivity contribution in [3.8, 4) is 22.9 Å². The third kappa shape index (κ3) is 4.42. The summed E-state index contributed by atoms with van der Waals surface area (Å²) in [6.07, 6.45) is 11.0. The van der Waals surface area contributed by atoms with Crippen LogP contribution in [0.3, 0.4) is 0 Å². The van der Waals surface area contributed by atoms with E-state index in [0.717, 1.165) is 29.2 Å². The summed E-state index contributed by atoms with van der Waals surface area (Å²) in [7, 11) is 0. The molecule has 1 aliphatic rings. The van der Waals surface area contributed by atoms with Gasteiger partial charge >= 0.3 is 5.76 Å². The Morgan fingerprint density at radius 2 is 1.97 bits per heavy atom. The molecule has 0 bridgehead atoms. The first-order valence-corrected chi connectivity index (χ1v) is 11.8. The Bertz CT molecular complexity index is 1330. The van der Waals surface area contributed by atoms with E-state index in [2.05, 4.69) is 41.1 Å². The summed E-state index contributed by atoms with van der Waals surface area (Å²) < 4.78 is 6.79. The van der Waals surface area contributed by atoms with E-state index in [-0.39, 0.29) is 11.6 Å². The average Bonchev–Trinajstić information content (AvgIpc) is 3.43. The topological polar surface area (TPSA) is 115 Å². The van der Waals surface area contributed by atoms with Gasteiger partial charge in [-0.15, -0.1) is 0 Å². The van der Waals surface area contributed by atoms with Gasteiger partial charge in [-0.3, -0.25) is 14.5 Å². The Morgan fingerprint density at radius 1 is 1.18 bits per heavy atom. The maximum atomic E-state index is 11.5. The highest BCUT2D eigenvalue weighted by Gasteiger charge is 2.24. The van der Waals surface area contributed by atoms with Crippen LogP contribution in [0.5, 0.6) is 0 Å². The molecule has 4 aromatic heterocycles. The average molecular weight is 468 g/mol. The Labute approximate surface area is 195 Å². The molecule has 0 saturated heterocycles. The minimum atomic E-state index is -0.667. The minimum absolute atomic E-state index is 0.152. The molecule has 5 rings (SSSR count). The molecule has 33 heavy (non-hydrogen) atoms. The number of nitrogens with one attached hydrogen (secondary N) is 1. The van der Waals surface area contributed by atoms with Gasteiger partial charge in [0.15, 0.2) is 5.65 Å². The number of imidazole rings is 1. The second-order valence-electron chi connectivity index (χ2n) is 8.87. The Hall–Kier alpha value is -3.07. The molecule has 1 aliphatic carbocycles. The van der Waals surface area contributed by atoms with Crippen LogP contribution in [-0.4, -0.2) is 34.6 Å². The fourth-order valence-electron chi connectivity index (χ4n) is 4.87. The molecule has 4 heterocycles. The maximum Gasteiger partial charge on any atom is 0.439 e. The predicted molar refractivity (Wildman–Crippen MR) is 125 cm³/mol. The third-order valence-corrected chi connectivity index (χ3v) is 6.76. The summed E-state index contributed by atoms with van der Waals surface area (Å²) in [4.78, 5) is 32.3. The van der Waals surface area contributed by atoms with Gasteiger partial charge in [0.05, 0.1) is 11.3 Å². The van der Waals surface area contributed by atoms with E-state index in [1.807, 2.05) is 19.3 Å². The minimum Gasteiger partial charge on any atom is -0.327 e. The number of aromatic amines is 1.